The summed E-state index contributed by atoms with van der Waals surface area (Å²) >= 11 is 0. The van der Waals surface area contributed by atoms with Crippen LogP contribution in [0.1, 0.15) is 40.0 Å². The van der Waals surface area contributed by atoms with E-state index in [1.54, 1.807) is 0 Å². The van der Waals surface area contributed by atoms with Gasteiger partial charge in [-0.05, 0) is 31.6 Å². The summed E-state index contributed by atoms with van der Waals surface area (Å²) in [6, 6.07) is 0. The van der Waals surface area contributed by atoms with E-state index in [0.29, 0.717) is 5.57 Å². The van der Waals surface area contributed by atoms with Gasteiger partial charge in [0.05, 0.1) is 0 Å². The van der Waals surface area contributed by atoms with Crippen LogP contribution in [0.2, 0.25) is 0 Å². The summed E-state index contributed by atoms with van der Waals surface area (Å²) in [4.78, 5) is 10.8. The Balaban J connectivity index is 3.04. The summed E-state index contributed by atoms with van der Waals surface area (Å²) in [6.07, 6.45) is 2.85. The second-order valence-corrected chi connectivity index (χ2v) is 4.15. The molecule has 68 valence electrons. The highest BCUT2D eigenvalue weighted by Crippen LogP contribution is 2.39. The number of carbonyl (C=O) groups is 1. The molecule has 0 unspecified atom stereocenters. The average Bonchev–Trinajstić information content (AvgIpc) is 1.94. The van der Waals surface area contributed by atoms with Crippen molar-refractivity contribution in [1.82, 2.24) is 0 Å². The lowest BCUT2D eigenvalue weighted by Gasteiger charge is -2.31. The van der Waals surface area contributed by atoms with Crippen molar-refractivity contribution in [3.63, 3.8) is 0 Å². The van der Waals surface area contributed by atoms with Gasteiger partial charge >= 0.3 is 5.97 Å². The van der Waals surface area contributed by atoms with E-state index in [1.807, 2.05) is 6.92 Å². The Morgan fingerprint density at radius 1 is 1.50 bits per heavy atom. The van der Waals surface area contributed by atoms with Gasteiger partial charge in [0.15, 0.2) is 0 Å². The van der Waals surface area contributed by atoms with Gasteiger partial charge in [-0.2, -0.15) is 0 Å². The number of allylic oxidation sites excluding steroid dienone is 1. The van der Waals surface area contributed by atoms with Gasteiger partial charge in [-0.3, -0.25) is 0 Å². The summed E-state index contributed by atoms with van der Waals surface area (Å²) in [7, 11) is 0. The minimum atomic E-state index is -0.736. The molecule has 0 heterocycles. The van der Waals surface area contributed by atoms with Crippen molar-refractivity contribution >= 4 is 5.97 Å². The summed E-state index contributed by atoms with van der Waals surface area (Å²) < 4.78 is 0. The Hall–Kier alpha value is -0.790. The normalized spacial score (nSPS) is 22.6. The maximum atomic E-state index is 10.8. The molecule has 1 aliphatic carbocycles. The summed E-state index contributed by atoms with van der Waals surface area (Å²) in [5, 5.41) is 8.88. The van der Waals surface area contributed by atoms with Gasteiger partial charge in [-0.1, -0.05) is 19.4 Å². The summed E-state index contributed by atoms with van der Waals surface area (Å²) in [6.45, 7) is 6.18. The Morgan fingerprint density at radius 2 is 2.08 bits per heavy atom. The van der Waals surface area contributed by atoms with E-state index in [0.717, 1.165) is 24.8 Å². The van der Waals surface area contributed by atoms with Gasteiger partial charge in [0.2, 0.25) is 0 Å². The van der Waals surface area contributed by atoms with E-state index < -0.39 is 5.97 Å². The molecule has 0 aromatic carbocycles. The lowest BCUT2D eigenvalue weighted by atomic mass is 9.73. The highest BCUT2D eigenvalue weighted by Gasteiger charge is 2.29. The van der Waals surface area contributed by atoms with Crippen molar-refractivity contribution in [3.05, 3.63) is 11.1 Å². The van der Waals surface area contributed by atoms with E-state index >= 15 is 0 Å². The van der Waals surface area contributed by atoms with Crippen molar-refractivity contribution in [1.29, 1.82) is 0 Å². The quantitative estimate of drug-likeness (QED) is 0.653. The van der Waals surface area contributed by atoms with E-state index in [1.165, 1.54) is 0 Å². The number of hydrogen-bond donors (Lipinski definition) is 1. The van der Waals surface area contributed by atoms with Crippen LogP contribution in [-0.4, -0.2) is 11.1 Å². The molecule has 0 saturated carbocycles. The lowest BCUT2D eigenvalue weighted by Crippen LogP contribution is -2.22. The number of hydrogen-bond acceptors (Lipinski definition) is 1. The van der Waals surface area contributed by atoms with Gasteiger partial charge in [0, 0.05) is 5.57 Å². The number of aliphatic carboxylic acids is 1. The van der Waals surface area contributed by atoms with Crippen LogP contribution in [0.15, 0.2) is 11.1 Å². The zero-order valence-electron chi connectivity index (χ0n) is 7.98. The first-order valence-corrected chi connectivity index (χ1v) is 4.38. The van der Waals surface area contributed by atoms with Crippen LogP contribution in [0, 0.1) is 5.41 Å². The molecule has 1 aliphatic rings. The van der Waals surface area contributed by atoms with Gasteiger partial charge in [-0.15, -0.1) is 0 Å². The molecule has 0 aromatic heterocycles. The van der Waals surface area contributed by atoms with Crippen molar-refractivity contribution in [2.75, 3.05) is 0 Å². The standard InChI is InChI=1S/C10H16O2/c1-7-8(9(11)12)5-4-6-10(7,2)3/h4-6H2,1-3H3,(H,11,12). The van der Waals surface area contributed by atoms with Crippen molar-refractivity contribution in [3.8, 4) is 0 Å². The molecular formula is C10H16O2. The minimum absolute atomic E-state index is 0.0893. The second-order valence-electron chi connectivity index (χ2n) is 4.15. The summed E-state index contributed by atoms with van der Waals surface area (Å²) in [5.74, 6) is -0.736. The van der Waals surface area contributed by atoms with Crippen LogP contribution in [0.3, 0.4) is 0 Å². The zero-order valence-corrected chi connectivity index (χ0v) is 7.98. The molecule has 0 atom stereocenters. The van der Waals surface area contributed by atoms with Crippen molar-refractivity contribution in [2.24, 2.45) is 5.41 Å². The molecule has 0 fully saturated rings. The highest BCUT2D eigenvalue weighted by atomic mass is 16.4. The molecule has 2 heteroatoms. The highest BCUT2D eigenvalue weighted by molar-refractivity contribution is 5.87. The van der Waals surface area contributed by atoms with E-state index in [9.17, 15) is 4.79 Å². The number of rotatable bonds is 1. The third-order valence-electron chi connectivity index (χ3n) is 2.95. The molecule has 0 bridgehead atoms. The van der Waals surface area contributed by atoms with Gasteiger partial charge in [0.1, 0.15) is 0 Å². The van der Waals surface area contributed by atoms with Gasteiger partial charge in [-0.25, -0.2) is 4.79 Å². The van der Waals surface area contributed by atoms with Crippen LogP contribution in [0.4, 0.5) is 0 Å². The fourth-order valence-electron chi connectivity index (χ4n) is 1.76. The smallest absolute Gasteiger partial charge is 0.331 e. The zero-order chi connectivity index (χ0) is 9.35. The lowest BCUT2D eigenvalue weighted by molar-refractivity contribution is -0.133. The Bertz CT molecular complexity index is 236. The third kappa shape index (κ3) is 1.52. The second kappa shape index (κ2) is 2.92. The summed E-state index contributed by atoms with van der Waals surface area (Å²) in [5.41, 5.74) is 1.78. The monoisotopic (exact) mass is 168 g/mol. The van der Waals surface area contributed by atoms with Crippen LogP contribution >= 0.6 is 0 Å². The predicted molar refractivity (Wildman–Crippen MR) is 48.0 cm³/mol. The SMILES string of the molecule is CC1=C(C(=O)O)CCCC1(C)C. The third-order valence-corrected chi connectivity index (χ3v) is 2.95. The molecule has 12 heavy (non-hydrogen) atoms. The molecule has 0 aromatic rings. The van der Waals surface area contributed by atoms with Crippen molar-refractivity contribution in [2.45, 2.75) is 40.0 Å². The number of carboxylic acids is 1. The Kier molecular flexibility index (Phi) is 2.27. The minimum Gasteiger partial charge on any atom is -0.478 e. The van der Waals surface area contributed by atoms with E-state index in [4.69, 9.17) is 5.11 Å². The first-order valence-electron chi connectivity index (χ1n) is 4.38. The topological polar surface area (TPSA) is 37.3 Å². The molecular weight excluding hydrogens is 152 g/mol. The van der Waals surface area contributed by atoms with Crippen LogP contribution in [0.25, 0.3) is 0 Å². The van der Waals surface area contributed by atoms with E-state index in [-0.39, 0.29) is 5.41 Å². The predicted octanol–water partition coefficient (Wildman–Crippen LogP) is 2.60. The van der Waals surface area contributed by atoms with Crippen LogP contribution in [0.5, 0.6) is 0 Å². The van der Waals surface area contributed by atoms with Crippen molar-refractivity contribution < 1.29 is 9.90 Å². The first kappa shape index (κ1) is 9.30. The molecule has 0 aliphatic heterocycles. The molecule has 0 saturated heterocycles. The maximum absolute atomic E-state index is 10.8. The molecule has 1 rings (SSSR count). The Morgan fingerprint density at radius 3 is 2.50 bits per heavy atom. The Labute approximate surface area is 73.3 Å². The van der Waals surface area contributed by atoms with Gasteiger partial charge < -0.3 is 5.11 Å². The molecule has 2 nitrogen and oxygen atoms in total. The molecule has 1 N–H and O–H groups in total. The largest absolute Gasteiger partial charge is 0.478 e. The fraction of sp³-hybridized carbons (Fsp3) is 0.700. The van der Waals surface area contributed by atoms with Gasteiger partial charge in [0.25, 0.3) is 0 Å². The molecule has 0 radical (unpaired) electrons. The van der Waals surface area contributed by atoms with Crippen LogP contribution in [-0.2, 0) is 4.79 Å². The average molecular weight is 168 g/mol. The van der Waals surface area contributed by atoms with Crippen LogP contribution < -0.4 is 0 Å². The fourth-order valence-corrected chi connectivity index (χ4v) is 1.76. The first-order chi connectivity index (χ1) is 5.45. The number of carboxylic acid groups (broad SMARTS) is 1. The molecule has 0 spiro atoms. The van der Waals surface area contributed by atoms with E-state index in [2.05, 4.69) is 13.8 Å². The maximum Gasteiger partial charge on any atom is 0.331 e. The molecule has 0 amide bonds.